The summed E-state index contributed by atoms with van der Waals surface area (Å²) in [6.45, 7) is 2.60. The molecule has 22 heavy (non-hydrogen) atoms. The highest BCUT2D eigenvalue weighted by molar-refractivity contribution is 9.10. The number of carbonyl (C=O) groups excluding carboxylic acids is 1. The zero-order valence-corrected chi connectivity index (χ0v) is 13.6. The lowest BCUT2D eigenvalue weighted by atomic mass is 10.1. The minimum absolute atomic E-state index is 0.127. The summed E-state index contributed by atoms with van der Waals surface area (Å²) in [4.78, 5) is 29.9. The molecule has 0 unspecified atom stereocenters. The maximum atomic E-state index is 12.8. The van der Waals surface area contributed by atoms with Crippen LogP contribution in [-0.4, -0.2) is 40.0 Å². The third-order valence-electron chi connectivity index (χ3n) is 3.95. The van der Waals surface area contributed by atoms with Gasteiger partial charge >= 0.3 is 5.97 Å². The molecule has 1 aliphatic heterocycles. The van der Waals surface area contributed by atoms with E-state index in [9.17, 15) is 9.59 Å². The Kier molecular flexibility index (Phi) is 3.87. The van der Waals surface area contributed by atoms with Gasteiger partial charge in [0.1, 0.15) is 0 Å². The fourth-order valence-electron chi connectivity index (χ4n) is 2.82. The second-order valence-electron chi connectivity index (χ2n) is 5.55. The van der Waals surface area contributed by atoms with Crippen LogP contribution >= 0.6 is 15.9 Å². The van der Waals surface area contributed by atoms with Crippen LogP contribution in [0.3, 0.4) is 0 Å². The van der Waals surface area contributed by atoms with E-state index in [1.165, 1.54) is 0 Å². The maximum absolute atomic E-state index is 12.8. The number of benzene rings is 1. The molecule has 0 saturated carbocycles. The molecule has 1 fully saturated rings. The van der Waals surface area contributed by atoms with Crippen molar-refractivity contribution in [1.82, 2.24) is 9.88 Å². The van der Waals surface area contributed by atoms with E-state index < -0.39 is 11.9 Å². The van der Waals surface area contributed by atoms with Crippen LogP contribution in [0.25, 0.3) is 10.9 Å². The lowest BCUT2D eigenvalue weighted by molar-refractivity contribution is -0.141. The number of carboxylic acid groups (broad SMARTS) is 1. The van der Waals surface area contributed by atoms with Gasteiger partial charge in [-0.3, -0.25) is 14.6 Å². The number of aliphatic carboxylic acids is 1. The van der Waals surface area contributed by atoms with Crippen LogP contribution in [0.4, 0.5) is 0 Å². The number of fused-ring (bicyclic) bond motifs is 1. The highest BCUT2D eigenvalue weighted by Gasteiger charge is 2.32. The van der Waals surface area contributed by atoms with Crippen LogP contribution in [0.2, 0.25) is 0 Å². The molecule has 1 aromatic carbocycles. The Morgan fingerprint density at radius 1 is 1.36 bits per heavy atom. The number of hydrogen-bond donors (Lipinski definition) is 1. The Morgan fingerprint density at radius 3 is 2.82 bits per heavy atom. The molecule has 0 spiro atoms. The van der Waals surface area contributed by atoms with E-state index >= 15 is 0 Å². The number of carbonyl (C=O) groups is 2. The van der Waals surface area contributed by atoms with E-state index in [1.807, 2.05) is 25.1 Å². The van der Waals surface area contributed by atoms with Crippen molar-refractivity contribution in [3.05, 3.63) is 40.0 Å². The number of rotatable bonds is 2. The van der Waals surface area contributed by atoms with Crippen LogP contribution in [0.5, 0.6) is 0 Å². The van der Waals surface area contributed by atoms with Crippen LogP contribution in [0.1, 0.15) is 22.5 Å². The van der Waals surface area contributed by atoms with Crippen molar-refractivity contribution in [1.29, 1.82) is 0 Å². The summed E-state index contributed by atoms with van der Waals surface area (Å²) in [5, 5.41) is 9.86. The molecule has 114 valence electrons. The molecule has 2 aromatic rings. The summed E-state index contributed by atoms with van der Waals surface area (Å²) in [7, 11) is 0. The summed E-state index contributed by atoms with van der Waals surface area (Å²) in [5.41, 5.74) is 2.11. The van der Waals surface area contributed by atoms with Crippen LogP contribution in [-0.2, 0) is 4.79 Å². The predicted octanol–water partition coefficient (Wildman–Crippen LogP) is 2.85. The molecular formula is C16H15BrN2O3. The van der Waals surface area contributed by atoms with Crippen molar-refractivity contribution in [3.63, 3.8) is 0 Å². The number of aromatic nitrogens is 1. The zero-order valence-electron chi connectivity index (χ0n) is 12.0. The predicted molar refractivity (Wildman–Crippen MR) is 85.8 cm³/mol. The Balaban J connectivity index is 2.01. The topological polar surface area (TPSA) is 70.5 Å². The number of halogens is 1. The van der Waals surface area contributed by atoms with E-state index in [4.69, 9.17) is 5.11 Å². The Hall–Kier alpha value is -1.95. The first-order chi connectivity index (χ1) is 10.5. The van der Waals surface area contributed by atoms with Crippen molar-refractivity contribution in [3.8, 4) is 0 Å². The minimum atomic E-state index is -0.839. The normalized spacial score (nSPS) is 17.9. The Labute approximate surface area is 136 Å². The molecule has 1 saturated heterocycles. The quantitative estimate of drug-likeness (QED) is 0.891. The highest BCUT2D eigenvalue weighted by Crippen LogP contribution is 2.26. The SMILES string of the molecule is Cc1cc(C(=O)N2CC[C@H](C(=O)O)C2)c2cc(Br)ccc2n1. The number of hydrogen-bond acceptors (Lipinski definition) is 3. The molecule has 1 aromatic heterocycles. The number of amides is 1. The van der Waals surface area contributed by atoms with Crippen LogP contribution in [0.15, 0.2) is 28.7 Å². The molecule has 6 heteroatoms. The fourth-order valence-corrected chi connectivity index (χ4v) is 3.19. The fraction of sp³-hybridized carbons (Fsp3) is 0.312. The van der Waals surface area contributed by atoms with Crippen molar-refractivity contribution in [2.75, 3.05) is 13.1 Å². The Bertz CT molecular complexity index is 775. The van der Waals surface area contributed by atoms with E-state index in [-0.39, 0.29) is 12.5 Å². The first kappa shape index (κ1) is 15.0. The van der Waals surface area contributed by atoms with E-state index in [1.54, 1.807) is 11.0 Å². The third-order valence-corrected chi connectivity index (χ3v) is 4.45. The summed E-state index contributed by atoms with van der Waals surface area (Å²) in [5.74, 6) is -1.43. The highest BCUT2D eigenvalue weighted by atomic mass is 79.9. The van der Waals surface area contributed by atoms with Gasteiger partial charge in [0.25, 0.3) is 5.91 Å². The molecule has 1 N–H and O–H groups in total. The van der Waals surface area contributed by atoms with E-state index in [0.717, 1.165) is 21.1 Å². The molecule has 0 radical (unpaired) electrons. The van der Waals surface area contributed by atoms with Crippen LogP contribution < -0.4 is 0 Å². The second-order valence-corrected chi connectivity index (χ2v) is 6.46. The Morgan fingerprint density at radius 2 is 2.14 bits per heavy atom. The van der Waals surface area contributed by atoms with E-state index in [2.05, 4.69) is 20.9 Å². The monoisotopic (exact) mass is 362 g/mol. The van der Waals surface area contributed by atoms with Gasteiger partial charge < -0.3 is 10.0 Å². The molecule has 5 nitrogen and oxygen atoms in total. The number of carboxylic acids is 1. The molecule has 3 rings (SSSR count). The molecule has 0 aliphatic carbocycles. The van der Waals surface area contributed by atoms with Gasteiger partial charge in [-0.2, -0.15) is 0 Å². The number of pyridine rings is 1. The summed E-state index contributed by atoms with van der Waals surface area (Å²) < 4.78 is 0.879. The van der Waals surface area contributed by atoms with Gasteiger partial charge in [0, 0.05) is 28.6 Å². The van der Waals surface area contributed by atoms with Gasteiger partial charge in [0.15, 0.2) is 0 Å². The molecular weight excluding hydrogens is 348 g/mol. The average Bonchev–Trinajstić information content (AvgIpc) is 2.96. The minimum Gasteiger partial charge on any atom is -0.481 e. The summed E-state index contributed by atoms with van der Waals surface area (Å²) in [6, 6.07) is 7.40. The van der Waals surface area contributed by atoms with Crippen molar-refractivity contribution in [2.45, 2.75) is 13.3 Å². The molecule has 0 bridgehead atoms. The van der Waals surface area contributed by atoms with Gasteiger partial charge in [0.2, 0.25) is 0 Å². The summed E-state index contributed by atoms with van der Waals surface area (Å²) in [6.07, 6.45) is 0.507. The molecule has 1 amide bonds. The third kappa shape index (κ3) is 2.70. The van der Waals surface area contributed by atoms with Gasteiger partial charge in [-0.15, -0.1) is 0 Å². The standard InChI is InChI=1S/C16H15BrN2O3/c1-9-6-13(12-7-11(17)2-3-14(12)18-9)15(20)19-5-4-10(8-19)16(21)22/h2-3,6-7,10H,4-5,8H2,1H3,(H,21,22)/t10-/m0/s1. The van der Waals surface area contributed by atoms with Crippen molar-refractivity contribution in [2.24, 2.45) is 5.92 Å². The van der Waals surface area contributed by atoms with Crippen molar-refractivity contribution >= 4 is 38.7 Å². The molecule has 1 atom stereocenters. The lowest BCUT2D eigenvalue weighted by Crippen LogP contribution is -2.30. The lowest BCUT2D eigenvalue weighted by Gasteiger charge is -2.17. The van der Waals surface area contributed by atoms with Gasteiger partial charge in [-0.1, -0.05) is 15.9 Å². The average molecular weight is 363 g/mol. The van der Waals surface area contributed by atoms with Gasteiger partial charge in [0.05, 0.1) is 17.0 Å². The maximum Gasteiger partial charge on any atom is 0.308 e. The zero-order chi connectivity index (χ0) is 15.9. The largest absolute Gasteiger partial charge is 0.481 e. The number of likely N-dealkylation sites (tertiary alicyclic amines) is 1. The van der Waals surface area contributed by atoms with Gasteiger partial charge in [-0.05, 0) is 37.6 Å². The number of aryl methyl sites for hydroxylation is 1. The van der Waals surface area contributed by atoms with Gasteiger partial charge in [-0.25, -0.2) is 0 Å². The first-order valence-electron chi connectivity index (χ1n) is 7.04. The summed E-state index contributed by atoms with van der Waals surface area (Å²) >= 11 is 3.42. The molecule has 1 aliphatic rings. The second kappa shape index (κ2) is 5.68. The molecule has 2 heterocycles. The first-order valence-corrected chi connectivity index (χ1v) is 7.84. The van der Waals surface area contributed by atoms with E-state index in [0.29, 0.717) is 18.5 Å². The van der Waals surface area contributed by atoms with Crippen LogP contribution in [0, 0.1) is 12.8 Å². The van der Waals surface area contributed by atoms with Crippen molar-refractivity contribution < 1.29 is 14.7 Å². The smallest absolute Gasteiger partial charge is 0.308 e. The number of nitrogens with zero attached hydrogens (tertiary/aromatic N) is 2.